The molecule has 2 rings (SSSR count). The normalized spacial score (nSPS) is 17.5. The summed E-state index contributed by atoms with van der Waals surface area (Å²) >= 11 is 0.255. The summed E-state index contributed by atoms with van der Waals surface area (Å²) in [6, 6.07) is 0. The summed E-state index contributed by atoms with van der Waals surface area (Å²) in [6.45, 7) is 1.87. The van der Waals surface area contributed by atoms with Crippen molar-refractivity contribution in [1.29, 1.82) is 0 Å². The van der Waals surface area contributed by atoms with Gasteiger partial charge in [-0.25, -0.2) is 0 Å². The molecule has 3 nitrogen and oxygen atoms in total. The van der Waals surface area contributed by atoms with Gasteiger partial charge in [0.2, 0.25) is 0 Å². The van der Waals surface area contributed by atoms with Gasteiger partial charge in [0.05, 0.1) is 5.69 Å². The first-order chi connectivity index (χ1) is 6.22. The fourth-order valence-corrected chi connectivity index (χ4v) is 2.19. The Labute approximate surface area is 81.2 Å². The predicted molar refractivity (Wildman–Crippen MR) is 50.2 cm³/mol. The van der Waals surface area contributed by atoms with Gasteiger partial charge in [0.1, 0.15) is 12.1 Å². The largest absolute Gasteiger partial charge is 0.300 e. The van der Waals surface area contributed by atoms with E-state index < -0.39 is 0 Å². The Kier molecular flexibility index (Phi) is 2.29. The topological polar surface area (TPSA) is 21.1 Å². The standard InChI is InChI=1S/C8H12FN3S/c1-11-4-3-6-7(5-11)12(2)10-8(6)13-9/h3-5H2,1-2H3. The van der Waals surface area contributed by atoms with E-state index in [1.54, 1.807) is 4.68 Å². The lowest BCUT2D eigenvalue weighted by molar-refractivity contribution is 0.302. The average molecular weight is 201 g/mol. The van der Waals surface area contributed by atoms with Crippen LogP contribution in [0.1, 0.15) is 11.3 Å². The molecule has 0 fully saturated rings. The number of nitrogens with zero attached hydrogens (tertiary/aromatic N) is 3. The first-order valence-electron chi connectivity index (χ1n) is 4.24. The van der Waals surface area contributed by atoms with E-state index in [9.17, 15) is 3.89 Å². The minimum atomic E-state index is 0.255. The van der Waals surface area contributed by atoms with Crippen molar-refractivity contribution in [1.82, 2.24) is 14.7 Å². The van der Waals surface area contributed by atoms with Gasteiger partial charge in [-0.3, -0.25) is 4.68 Å². The number of halogens is 1. The van der Waals surface area contributed by atoms with Crippen LogP contribution in [0.15, 0.2) is 5.03 Å². The molecule has 0 aromatic carbocycles. The summed E-state index contributed by atoms with van der Waals surface area (Å²) in [5.74, 6) is 0. The molecule has 0 amide bonds. The Balaban J connectivity index is 2.42. The smallest absolute Gasteiger partial charge is 0.154 e. The van der Waals surface area contributed by atoms with Crippen molar-refractivity contribution >= 4 is 12.1 Å². The molecule has 2 heterocycles. The Morgan fingerprint density at radius 2 is 2.23 bits per heavy atom. The van der Waals surface area contributed by atoms with E-state index in [4.69, 9.17) is 0 Å². The number of fused-ring (bicyclic) bond motifs is 1. The van der Waals surface area contributed by atoms with Gasteiger partial charge in [0, 0.05) is 25.7 Å². The Hall–Kier alpha value is -0.550. The van der Waals surface area contributed by atoms with Crippen molar-refractivity contribution in [2.75, 3.05) is 13.6 Å². The van der Waals surface area contributed by atoms with E-state index in [1.165, 1.54) is 0 Å². The number of hydrogen-bond donors (Lipinski definition) is 0. The summed E-state index contributed by atoms with van der Waals surface area (Å²) in [6.07, 6.45) is 0.909. The van der Waals surface area contributed by atoms with Crippen LogP contribution in [-0.4, -0.2) is 28.3 Å². The molecule has 5 heteroatoms. The molecule has 0 unspecified atom stereocenters. The van der Waals surface area contributed by atoms with Crippen LogP contribution in [0.4, 0.5) is 3.89 Å². The molecule has 0 spiro atoms. The third-order valence-corrected chi connectivity index (χ3v) is 2.95. The van der Waals surface area contributed by atoms with Gasteiger partial charge in [-0.1, -0.05) is 0 Å². The molecule has 1 aliphatic rings. The summed E-state index contributed by atoms with van der Waals surface area (Å²) in [5.41, 5.74) is 2.24. The number of aryl methyl sites for hydroxylation is 1. The molecule has 0 aliphatic carbocycles. The second-order valence-electron chi connectivity index (χ2n) is 3.42. The van der Waals surface area contributed by atoms with Crippen LogP contribution in [-0.2, 0) is 20.0 Å². The van der Waals surface area contributed by atoms with Crippen molar-refractivity contribution in [2.45, 2.75) is 18.0 Å². The maximum Gasteiger partial charge on any atom is 0.154 e. The van der Waals surface area contributed by atoms with E-state index >= 15 is 0 Å². The van der Waals surface area contributed by atoms with Crippen LogP contribution in [0.25, 0.3) is 0 Å². The van der Waals surface area contributed by atoms with Crippen LogP contribution in [0, 0.1) is 0 Å². The predicted octanol–water partition coefficient (Wildman–Crippen LogP) is 1.38. The van der Waals surface area contributed by atoms with Crippen molar-refractivity contribution in [3.63, 3.8) is 0 Å². The highest BCUT2D eigenvalue weighted by atomic mass is 32.2. The third kappa shape index (κ3) is 1.46. The zero-order valence-corrected chi connectivity index (χ0v) is 8.57. The molecule has 0 N–H and O–H groups in total. The van der Waals surface area contributed by atoms with Crippen LogP contribution >= 0.6 is 12.1 Å². The summed E-state index contributed by atoms with van der Waals surface area (Å²) in [5, 5.41) is 4.67. The zero-order valence-electron chi connectivity index (χ0n) is 7.75. The molecule has 72 valence electrons. The van der Waals surface area contributed by atoms with Crippen molar-refractivity contribution in [2.24, 2.45) is 7.05 Å². The summed E-state index contributed by atoms with van der Waals surface area (Å²) in [7, 11) is 3.94. The van der Waals surface area contributed by atoms with Crippen LogP contribution in [0.3, 0.4) is 0 Å². The van der Waals surface area contributed by atoms with Crippen molar-refractivity contribution < 1.29 is 3.89 Å². The third-order valence-electron chi connectivity index (χ3n) is 2.47. The number of rotatable bonds is 1. The quantitative estimate of drug-likeness (QED) is 0.685. The lowest BCUT2D eigenvalue weighted by atomic mass is 10.1. The highest BCUT2D eigenvalue weighted by Crippen LogP contribution is 2.28. The fourth-order valence-electron chi connectivity index (χ4n) is 1.72. The first kappa shape index (κ1) is 9.02. The van der Waals surface area contributed by atoms with Crippen LogP contribution in [0.5, 0.6) is 0 Å². The second-order valence-corrected chi connectivity index (χ2v) is 3.96. The van der Waals surface area contributed by atoms with Gasteiger partial charge in [0.15, 0.2) is 5.03 Å². The molecule has 0 bridgehead atoms. The van der Waals surface area contributed by atoms with E-state index in [1.807, 2.05) is 7.05 Å². The molecule has 1 aromatic rings. The Morgan fingerprint density at radius 3 is 2.92 bits per heavy atom. The molecule has 0 saturated carbocycles. The minimum absolute atomic E-state index is 0.255. The molecule has 13 heavy (non-hydrogen) atoms. The highest BCUT2D eigenvalue weighted by molar-refractivity contribution is 7.94. The van der Waals surface area contributed by atoms with E-state index in [-0.39, 0.29) is 12.1 Å². The highest BCUT2D eigenvalue weighted by Gasteiger charge is 2.22. The number of aromatic nitrogens is 2. The molecule has 0 saturated heterocycles. The lowest BCUT2D eigenvalue weighted by Crippen LogP contribution is -2.27. The molecule has 1 aromatic heterocycles. The molecule has 0 radical (unpaired) electrons. The van der Waals surface area contributed by atoms with Crippen LogP contribution < -0.4 is 0 Å². The molecule has 1 aliphatic heterocycles. The Bertz CT molecular complexity index is 323. The van der Waals surface area contributed by atoms with Crippen molar-refractivity contribution in [3.8, 4) is 0 Å². The van der Waals surface area contributed by atoms with Gasteiger partial charge < -0.3 is 4.90 Å². The zero-order chi connectivity index (χ0) is 9.42. The molecular weight excluding hydrogens is 189 g/mol. The lowest BCUT2D eigenvalue weighted by Gasteiger charge is -2.22. The van der Waals surface area contributed by atoms with Crippen LogP contribution in [0.2, 0.25) is 0 Å². The van der Waals surface area contributed by atoms with E-state index in [0.29, 0.717) is 5.03 Å². The Morgan fingerprint density at radius 1 is 1.46 bits per heavy atom. The van der Waals surface area contributed by atoms with Gasteiger partial charge in [-0.15, -0.1) is 0 Å². The van der Waals surface area contributed by atoms with Gasteiger partial charge in [-0.05, 0) is 13.5 Å². The number of likely N-dealkylation sites (N-methyl/N-ethyl adjacent to an activating group) is 1. The van der Waals surface area contributed by atoms with Gasteiger partial charge in [-0.2, -0.15) is 8.98 Å². The average Bonchev–Trinajstić information content (AvgIpc) is 2.43. The maximum absolute atomic E-state index is 12.5. The van der Waals surface area contributed by atoms with E-state index in [2.05, 4.69) is 17.0 Å². The van der Waals surface area contributed by atoms with Crippen molar-refractivity contribution in [3.05, 3.63) is 11.3 Å². The monoisotopic (exact) mass is 201 g/mol. The fraction of sp³-hybridized carbons (Fsp3) is 0.625. The molecule has 0 atom stereocenters. The first-order valence-corrected chi connectivity index (χ1v) is 4.96. The maximum atomic E-state index is 12.5. The van der Waals surface area contributed by atoms with Gasteiger partial charge >= 0.3 is 0 Å². The summed E-state index contributed by atoms with van der Waals surface area (Å²) < 4.78 is 14.2. The SMILES string of the molecule is CN1CCc2c(SF)nn(C)c2C1. The molecular formula is C8H12FN3S. The number of hydrogen-bond acceptors (Lipinski definition) is 3. The second kappa shape index (κ2) is 3.31. The van der Waals surface area contributed by atoms with Gasteiger partial charge in [0.25, 0.3) is 0 Å². The minimum Gasteiger partial charge on any atom is -0.300 e. The summed E-state index contributed by atoms with van der Waals surface area (Å²) in [4.78, 5) is 2.22. The van der Waals surface area contributed by atoms with E-state index in [0.717, 1.165) is 30.8 Å².